The van der Waals surface area contributed by atoms with Crippen molar-refractivity contribution in [1.29, 1.82) is 0 Å². The molecule has 2 saturated heterocycles. The molecular weight excluding hydrogens is 232 g/mol. The van der Waals surface area contributed by atoms with Gasteiger partial charge >= 0.3 is 0 Å². The van der Waals surface area contributed by atoms with Crippen molar-refractivity contribution in [2.75, 3.05) is 39.9 Å². The van der Waals surface area contributed by atoms with Gasteiger partial charge in [-0.2, -0.15) is 0 Å². The molecule has 3 rings (SSSR count). The van der Waals surface area contributed by atoms with Crippen LogP contribution in [0.2, 0.25) is 0 Å². The summed E-state index contributed by atoms with van der Waals surface area (Å²) >= 11 is 0. The third-order valence-corrected chi connectivity index (χ3v) is 4.28. The predicted molar refractivity (Wildman–Crippen MR) is 66.1 cm³/mol. The van der Waals surface area contributed by atoms with Gasteiger partial charge in [0, 0.05) is 39.0 Å². The van der Waals surface area contributed by atoms with E-state index in [1.165, 1.54) is 12.8 Å². The Morgan fingerprint density at radius 2 is 1.89 bits per heavy atom. The van der Waals surface area contributed by atoms with E-state index in [0.29, 0.717) is 25.8 Å². The maximum atomic E-state index is 12.0. The second-order valence-electron chi connectivity index (χ2n) is 5.62. The molecule has 2 heterocycles. The highest BCUT2D eigenvalue weighted by atomic mass is 16.7. The quantitative estimate of drug-likeness (QED) is 0.733. The molecule has 0 aromatic heterocycles. The minimum Gasteiger partial charge on any atom is -0.347 e. The first kappa shape index (κ1) is 12.4. The number of carbonyl (C=O) groups is 1. The second kappa shape index (κ2) is 4.79. The van der Waals surface area contributed by atoms with Crippen LogP contribution in [0.4, 0.5) is 0 Å². The van der Waals surface area contributed by atoms with E-state index in [9.17, 15) is 4.79 Å². The van der Waals surface area contributed by atoms with E-state index in [-0.39, 0.29) is 11.7 Å². The van der Waals surface area contributed by atoms with Crippen LogP contribution in [0.25, 0.3) is 0 Å². The zero-order valence-electron chi connectivity index (χ0n) is 11.1. The van der Waals surface area contributed by atoms with Gasteiger partial charge in [-0.25, -0.2) is 0 Å². The highest BCUT2D eigenvalue weighted by Gasteiger charge is 2.40. The summed E-state index contributed by atoms with van der Waals surface area (Å²) in [5.41, 5.74) is 0. The van der Waals surface area contributed by atoms with Gasteiger partial charge in [-0.05, 0) is 12.8 Å². The smallest absolute Gasteiger partial charge is 0.236 e. The lowest BCUT2D eigenvalue weighted by Crippen LogP contribution is -2.48. The van der Waals surface area contributed by atoms with E-state index < -0.39 is 0 Å². The zero-order chi connectivity index (χ0) is 12.6. The van der Waals surface area contributed by atoms with Gasteiger partial charge in [-0.3, -0.25) is 9.69 Å². The molecule has 5 nitrogen and oxygen atoms in total. The van der Waals surface area contributed by atoms with Crippen molar-refractivity contribution in [2.45, 2.75) is 37.5 Å². The Balaban J connectivity index is 1.46. The van der Waals surface area contributed by atoms with Crippen LogP contribution in [0.15, 0.2) is 0 Å². The Kier molecular flexibility index (Phi) is 3.30. The first-order valence-corrected chi connectivity index (χ1v) is 6.94. The highest BCUT2D eigenvalue weighted by molar-refractivity contribution is 5.78. The van der Waals surface area contributed by atoms with Gasteiger partial charge in [0.2, 0.25) is 5.91 Å². The number of carbonyl (C=O) groups excluding carboxylic acids is 1. The largest absolute Gasteiger partial charge is 0.347 e. The third kappa shape index (κ3) is 2.53. The second-order valence-corrected chi connectivity index (χ2v) is 5.62. The maximum absolute atomic E-state index is 12.0. The topological polar surface area (TPSA) is 42.0 Å². The molecule has 5 heteroatoms. The Hall–Kier alpha value is -0.650. The summed E-state index contributed by atoms with van der Waals surface area (Å²) in [7, 11) is 1.93. The number of rotatable bonds is 3. The average molecular weight is 254 g/mol. The van der Waals surface area contributed by atoms with Crippen molar-refractivity contribution in [3.05, 3.63) is 0 Å². The first-order chi connectivity index (χ1) is 8.69. The Labute approximate surface area is 108 Å². The average Bonchev–Trinajstić information content (AvgIpc) is 3.14. The van der Waals surface area contributed by atoms with Gasteiger partial charge in [-0.15, -0.1) is 0 Å². The predicted octanol–water partition coefficient (Wildman–Crippen LogP) is 0.446. The summed E-state index contributed by atoms with van der Waals surface area (Å²) in [6.45, 7) is 3.75. The molecule has 0 radical (unpaired) electrons. The molecule has 1 aliphatic carbocycles. The fourth-order valence-electron chi connectivity index (χ4n) is 2.81. The summed E-state index contributed by atoms with van der Waals surface area (Å²) in [6.07, 6.45) is 4.11. The fraction of sp³-hybridized carbons (Fsp3) is 0.923. The van der Waals surface area contributed by atoms with Gasteiger partial charge in [-0.1, -0.05) is 0 Å². The number of likely N-dealkylation sites (N-methyl/N-ethyl adjacent to an activating group) is 1. The van der Waals surface area contributed by atoms with Gasteiger partial charge in [0.25, 0.3) is 0 Å². The first-order valence-electron chi connectivity index (χ1n) is 6.94. The van der Waals surface area contributed by atoms with Crippen LogP contribution in [-0.2, 0) is 14.3 Å². The van der Waals surface area contributed by atoms with Crippen LogP contribution >= 0.6 is 0 Å². The molecular formula is C13H22N2O3. The van der Waals surface area contributed by atoms with E-state index in [1.54, 1.807) is 0 Å². The molecule has 0 unspecified atom stereocenters. The number of hydrogen-bond donors (Lipinski definition) is 0. The summed E-state index contributed by atoms with van der Waals surface area (Å²) < 4.78 is 11.4. The van der Waals surface area contributed by atoms with Crippen LogP contribution in [0.1, 0.15) is 25.7 Å². The van der Waals surface area contributed by atoms with Crippen molar-refractivity contribution in [3.8, 4) is 0 Å². The molecule has 3 fully saturated rings. The standard InChI is InChI=1S/C13H22N2O3/c1-14(11-2-3-11)12(16)10-15-6-4-13(5-7-15)17-8-9-18-13/h11H,2-10H2,1H3. The molecule has 2 aliphatic heterocycles. The summed E-state index contributed by atoms with van der Waals surface area (Å²) in [5.74, 6) is -0.0798. The number of likely N-dealkylation sites (tertiary alicyclic amines) is 1. The molecule has 0 bridgehead atoms. The number of nitrogens with zero attached hydrogens (tertiary/aromatic N) is 2. The number of ether oxygens (including phenoxy) is 2. The maximum Gasteiger partial charge on any atom is 0.236 e. The number of hydrogen-bond acceptors (Lipinski definition) is 4. The van der Waals surface area contributed by atoms with Crippen molar-refractivity contribution in [3.63, 3.8) is 0 Å². The van der Waals surface area contributed by atoms with E-state index in [2.05, 4.69) is 4.90 Å². The Morgan fingerprint density at radius 1 is 1.28 bits per heavy atom. The van der Waals surface area contributed by atoms with Crippen LogP contribution in [0.3, 0.4) is 0 Å². The molecule has 0 aromatic rings. The molecule has 0 N–H and O–H groups in total. The lowest BCUT2D eigenvalue weighted by molar-refractivity contribution is -0.186. The molecule has 1 saturated carbocycles. The van der Waals surface area contributed by atoms with Crippen molar-refractivity contribution in [1.82, 2.24) is 9.80 Å². The zero-order valence-corrected chi connectivity index (χ0v) is 11.1. The van der Waals surface area contributed by atoms with Gasteiger partial charge < -0.3 is 14.4 Å². The minimum absolute atomic E-state index is 0.252. The fourth-order valence-corrected chi connectivity index (χ4v) is 2.81. The summed E-state index contributed by atoms with van der Waals surface area (Å²) in [4.78, 5) is 16.2. The molecule has 3 aliphatic rings. The van der Waals surface area contributed by atoms with Gasteiger partial charge in [0.1, 0.15) is 0 Å². The molecule has 18 heavy (non-hydrogen) atoms. The Bertz CT molecular complexity index is 314. The van der Waals surface area contributed by atoms with E-state index >= 15 is 0 Å². The number of amides is 1. The lowest BCUT2D eigenvalue weighted by atomic mass is 10.0. The lowest BCUT2D eigenvalue weighted by Gasteiger charge is -2.37. The van der Waals surface area contributed by atoms with Crippen LogP contribution in [0.5, 0.6) is 0 Å². The van der Waals surface area contributed by atoms with Crippen molar-refractivity contribution >= 4 is 5.91 Å². The van der Waals surface area contributed by atoms with Crippen molar-refractivity contribution < 1.29 is 14.3 Å². The summed E-state index contributed by atoms with van der Waals surface area (Å²) in [5, 5.41) is 0. The normalized spacial score (nSPS) is 27.6. The molecule has 1 spiro atoms. The molecule has 0 atom stereocenters. The highest BCUT2D eigenvalue weighted by Crippen LogP contribution is 2.31. The Morgan fingerprint density at radius 3 is 2.44 bits per heavy atom. The van der Waals surface area contributed by atoms with Crippen LogP contribution in [-0.4, -0.2) is 67.4 Å². The van der Waals surface area contributed by atoms with E-state index in [0.717, 1.165) is 25.9 Å². The van der Waals surface area contributed by atoms with Gasteiger partial charge in [0.15, 0.2) is 5.79 Å². The SMILES string of the molecule is CN(C(=O)CN1CCC2(CC1)OCCO2)C1CC1. The van der Waals surface area contributed by atoms with Crippen LogP contribution < -0.4 is 0 Å². The number of piperidine rings is 1. The van der Waals surface area contributed by atoms with Crippen molar-refractivity contribution in [2.24, 2.45) is 0 Å². The monoisotopic (exact) mass is 254 g/mol. The minimum atomic E-state index is -0.331. The van der Waals surface area contributed by atoms with Crippen LogP contribution in [0, 0.1) is 0 Å². The third-order valence-electron chi connectivity index (χ3n) is 4.28. The van der Waals surface area contributed by atoms with E-state index in [1.807, 2.05) is 11.9 Å². The molecule has 0 aromatic carbocycles. The molecule has 102 valence electrons. The summed E-state index contributed by atoms with van der Waals surface area (Å²) in [6, 6.07) is 0.509. The molecule has 1 amide bonds. The van der Waals surface area contributed by atoms with E-state index in [4.69, 9.17) is 9.47 Å². The van der Waals surface area contributed by atoms with Gasteiger partial charge in [0.05, 0.1) is 19.8 Å².